The second-order valence-corrected chi connectivity index (χ2v) is 3.06. The first-order valence-electron chi connectivity index (χ1n) is 3.78. The van der Waals surface area contributed by atoms with E-state index in [-0.39, 0.29) is 12.5 Å². The van der Waals surface area contributed by atoms with Gasteiger partial charge in [0.1, 0.15) is 0 Å². The maximum Gasteiger partial charge on any atom is 0.250 e. The van der Waals surface area contributed by atoms with Crippen LogP contribution in [0.4, 0.5) is 8.78 Å². The lowest BCUT2D eigenvalue weighted by Gasteiger charge is -2.32. The molecular formula is C7H13F2NO. The summed E-state index contributed by atoms with van der Waals surface area (Å²) in [4.78, 5) is 0. The first-order valence-corrected chi connectivity index (χ1v) is 3.78. The van der Waals surface area contributed by atoms with Gasteiger partial charge in [-0.15, -0.1) is 0 Å². The van der Waals surface area contributed by atoms with Crippen LogP contribution in [0, 0.1) is 0 Å². The zero-order valence-electron chi connectivity index (χ0n) is 6.48. The van der Waals surface area contributed by atoms with E-state index in [1.54, 1.807) is 7.05 Å². The lowest BCUT2D eigenvalue weighted by atomic mass is 9.90. The molecule has 1 aliphatic rings. The first kappa shape index (κ1) is 8.87. The van der Waals surface area contributed by atoms with E-state index in [0.29, 0.717) is 6.42 Å². The summed E-state index contributed by atoms with van der Waals surface area (Å²) in [6.45, 7) is 0. The van der Waals surface area contributed by atoms with Gasteiger partial charge in [0.25, 0.3) is 5.92 Å². The number of aliphatic hydroxyl groups excluding tert-OH is 1. The van der Waals surface area contributed by atoms with Crippen molar-refractivity contribution in [3.05, 3.63) is 0 Å². The lowest BCUT2D eigenvalue weighted by Crippen LogP contribution is -2.46. The minimum Gasteiger partial charge on any atom is -0.391 e. The molecule has 0 bridgehead atoms. The van der Waals surface area contributed by atoms with Crippen LogP contribution in [0.1, 0.15) is 19.3 Å². The topological polar surface area (TPSA) is 32.3 Å². The molecule has 0 amide bonds. The second kappa shape index (κ2) is 3.03. The average Bonchev–Trinajstić information content (AvgIpc) is 1.86. The fourth-order valence-corrected chi connectivity index (χ4v) is 1.45. The van der Waals surface area contributed by atoms with Crippen molar-refractivity contribution in [2.24, 2.45) is 0 Å². The Labute approximate surface area is 64.6 Å². The van der Waals surface area contributed by atoms with Crippen LogP contribution in [0.3, 0.4) is 0 Å². The minimum atomic E-state index is -2.66. The monoisotopic (exact) mass is 165 g/mol. The van der Waals surface area contributed by atoms with E-state index in [2.05, 4.69) is 5.32 Å². The Morgan fingerprint density at radius 3 is 2.64 bits per heavy atom. The van der Waals surface area contributed by atoms with Gasteiger partial charge in [0.2, 0.25) is 0 Å². The highest BCUT2D eigenvalue weighted by molar-refractivity contribution is 4.87. The number of hydrogen-bond acceptors (Lipinski definition) is 2. The summed E-state index contributed by atoms with van der Waals surface area (Å²) in [6, 6.07) is -0.158. The molecule has 1 rings (SSSR count). The maximum absolute atomic E-state index is 12.6. The Morgan fingerprint density at radius 2 is 2.18 bits per heavy atom. The van der Waals surface area contributed by atoms with Gasteiger partial charge in [0, 0.05) is 18.9 Å². The molecule has 0 saturated heterocycles. The van der Waals surface area contributed by atoms with Crippen molar-refractivity contribution >= 4 is 0 Å². The third kappa shape index (κ3) is 2.10. The summed E-state index contributed by atoms with van der Waals surface area (Å²) in [5.41, 5.74) is 0. The Kier molecular flexibility index (Phi) is 2.44. The fraction of sp³-hybridized carbons (Fsp3) is 1.00. The number of alkyl halides is 2. The molecule has 4 heteroatoms. The van der Waals surface area contributed by atoms with E-state index < -0.39 is 18.4 Å². The molecule has 0 heterocycles. The van der Waals surface area contributed by atoms with Crippen LogP contribution in [0.15, 0.2) is 0 Å². The molecule has 1 saturated carbocycles. The number of nitrogens with one attached hydrogen (secondary N) is 1. The molecule has 1 aliphatic carbocycles. The first-order chi connectivity index (χ1) is 5.05. The molecule has 2 unspecified atom stereocenters. The minimum absolute atomic E-state index is 0.116. The summed E-state index contributed by atoms with van der Waals surface area (Å²) in [5.74, 6) is -2.66. The third-order valence-corrected chi connectivity index (χ3v) is 2.16. The van der Waals surface area contributed by atoms with Gasteiger partial charge in [-0.05, 0) is 13.5 Å². The summed E-state index contributed by atoms with van der Waals surface area (Å²) in [6.07, 6.45) is -1.07. The van der Waals surface area contributed by atoms with E-state index in [1.165, 1.54) is 0 Å². The second-order valence-electron chi connectivity index (χ2n) is 3.06. The van der Waals surface area contributed by atoms with Gasteiger partial charge in [-0.3, -0.25) is 0 Å². The van der Waals surface area contributed by atoms with Crippen LogP contribution in [-0.4, -0.2) is 30.2 Å². The van der Waals surface area contributed by atoms with Gasteiger partial charge in [-0.1, -0.05) is 0 Å². The normalized spacial score (nSPS) is 37.1. The molecule has 0 radical (unpaired) electrons. The van der Waals surface area contributed by atoms with Crippen molar-refractivity contribution in [3.8, 4) is 0 Å². The molecule has 0 aromatic heterocycles. The smallest absolute Gasteiger partial charge is 0.250 e. The number of likely N-dealkylation sites (N-methyl/N-ethyl adjacent to an activating group) is 1. The quantitative estimate of drug-likeness (QED) is 0.601. The van der Waals surface area contributed by atoms with Gasteiger partial charge in [0.15, 0.2) is 0 Å². The molecular weight excluding hydrogens is 152 g/mol. The highest BCUT2D eigenvalue weighted by Crippen LogP contribution is 2.33. The van der Waals surface area contributed by atoms with E-state index in [1.807, 2.05) is 0 Å². The Hall–Kier alpha value is -0.220. The van der Waals surface area contributed by atoms with Crippen molar-refractivity contribution in [3.63, 3.8) is 0 Å². The predicted molar refractivity (Wildman–Crippen MR) is 37.7 cm³/mol. The van der Waals surface area contributed by atoms with Gasteiger partial charge in [-0.2, -0.15) is 0 Å². The zero-order chi connectivity index (χ0) is 8.48. The Bertz CT molecular complexity index is 140. The van der Waals surface area contributed by atoms with E-state index in [4.69, 9.17) is 5.11 Å². The Balaban J connectivity index is 2.48. The number of hydrogen-bond donors (Lipinski definition) is 2. The Morgan fingerprint density at radius 1 is 1.55 bits per heavy atom. The fourth-order valence-electron chi connectivity index (χ4n) is 1.45. The van der Waals surface area contributed by atoms with E-state index in [0.717, 1.165) is 0 Å². The van der Waals surface area contributed by atoms with Gasteiger partial charge < -0.3 is 10.4 Å². The SMILES string of the molecule is CNC1CCC(F)(F)CC1O. The lowest BCUT2D eigenvalue weighted by molar-refractivity contribution is -0.0864. The van der Waals surface area contributed by atoms with Crippen molar-refractivity contribution in [2.75, 3.05) is 7.05 Å². The molecule has 0 aromatic rings. The molecule has 2 N–H and O–H groups in total. The van der Waals surface area contributed by atoms with Gasteiger partial charge in [0.05, 0.1) is 6.10 Å². The van der Waals surface area contributed by atoms with Crippen LogP contribution in [0.25, 0.3) is 0 Å². The molecule has 11 heavy (non-hydrogen) atoms. The average molecular weight is 165 g/mol. The number of rotatable bonds is 1. The van der Waals surface area contributed by atoms with Crippen molar-refractivity contribution in [2.45, 2.75) is 37.3 Å². The standard InChI is InChI=1S/C7H13F2NO/c1-10-5-2-3-7(8,9)4-6(5)11/h5-6,10-11H,2-4H2,1H3. The molecule has 0 aromatic carbocycles. The predicted octanol–water partition coefficient (Wildman–Crippen LogP) is 0.754. The zero-order valence-corrected chi connectivity index (χ0v) is 6.48. The van der Waals surface area contributed by atoms with Gasteiger partial charge >= 0.3 is 0 Å². The molecule has 0 spiro atoms. The van der Waals surface area contributed by atoms with E-state index in [9.17, 15) is 8.78 Å². The summed E-state index contributed by atoms with van der Waals surface area (Å²) in [7, 11) is 1.68. The highest BCUT2D eigenvalue weighted by atomic mass is 19.3. The van der Waals surface area contributed by atoms with Crippen molar-refractivity contribution < 1.29 is 13.9 Å². The molecule has 2 nitrogen and oxygen atoms in total. The summed E-state index contributed by atoms with van der Waals surface area (Å²) in [5, 5.41) is 12.0. The van der Waals surface area contributed by atoms with E-state index >= 15 is 0 Å². The highest BCUT2D eigenvalue weighted by Gasteiger charge is 2.39. The molecule has 0 aliphatic heterocycles. The van der Waals surface area contributed by atoms with Crippen LogP contribution in [-0.2, 0) is 0 Å². The largest absolute Gasteiger partial charge is 0.391 e. The van der Waals surface area contributed by atoms with Crippen LogP contribution in [0.5, 0.6) is 0 Å². The molecule has 66 valence electrons. The summed E-state index contributed by atoms with van der Waals surface area (Å²) < 4.78 is 25.2. The van der Waals surface area contributed by atoms with Crippen molar-refractivity contribution in [1.29, 1.82) is 0 Å². The van der Waals surface area contributed by atoms with Crippen LogP contribution in [0.2, 0.25) is 0 Å². The molecule has 2 atom stereocenters. The van der Waals surface area contributed by atoms with Crippen LogP contribution >= 0.6 is 0 Å². The maximum atomic E-state index is 12.6. The van der Waals surface area contributed by atoms with Crippen LogP contribution < -0.4 is 5.32 Å². The van der Waals surface area contributed by atoms with Gasteiger partial charge in [-0.25, -0.2) is 8.78 Å². The third-order valence-electron chi connectivity index (χ3n) is 2.16. The number of halogens is 2. The van der Waals surface area contributed by atoms with Crippen molar-refractivity contribution in [1.82, 2.24) is 5.32 Å². The number of aliphatic hydroxyl groups is 1. The molecule has 1 fully saturated rings. The summed E-state index contributed by atoms with van der Waals surface area (Å²) >= 11 is 0.